The molecule has 4 nitrogen and oxygen atoms in total. The quantitative estimate of drug-likeness (QED) is 0.616. The van der Waals surface area contributed by atoms with Crippen LogP contribution in [-0.2, 0) is 9.59 Å². The number of thioether (sulfide) groups is 1. The zero-order chi connectivity index (χ0) is 14.5. The average molecular weight is 280 g/mol. The van der Waals surface area contributed by atoms with Gasteiger partial charge in [-0.2, -0.15) is 0 Å². The van der Waals surface area contributed by atoms with E-state index in [0.717, 1.165) is 4.90 Å². The SMILES string of the molecule is C[C@H](CNC(=O)C(C)(C)C(N)=O)Sc1ccccc1. The fourth-order valence-corrected chi connectivity index (χ4v) is 2.29. The number of rotatable bonds is 6. The summed E-state index contributed by atoms with van der Waals surface area (Å²) in [6.07, 6.45) is 0. The van der Waals surface area contributed by atoms with E-state index in [4.69, 9.17) is 5.73 Å². The van der Waals surface area contributed by atoms with Gasteiger partial charge in [-0.15, -0.1) is 11.8 Å². The number of carbonyl (C=O) groups excluding carboxylic acids is 2. The van der Waals surface area contributed by atoms with Crippen molar-refractivity contribution in [3.05, 3.63) is 30.3 Å². The van der Waals surface area contributed by atoms with Crippen molar-refractivity contribution in [3.63, 3.8) is 0 Å². The summed E-state index contributed by atoms with van der Waals surface area (Å²) in [5.74, 6) is -0.950. The first-order valence-corrected chi connectivity index (χ1v) is 7.02. The van der Waals surface area contributed by atoms with Gasteiger partial charge in [-0.1, -0.05) is 25.1 Å². The van der Waals surface area contributed by atoms with Crippen molar-refractivity contribution in [2.75, 3.05) is 6.54 Å². The van der Waals surface area contributed by atoms with Crippen molar-refractivity contribution >= 4 is 23.6 Å². The van der Waals surface area contributed by atoms with Gasteiger partial charge in [0.05, 0.1) is 0 Å². The highest BCUT2D eigenvalue weighted by Gasteiger charge is 2.33. The molecule has 0 aliphatic carbocycles. The lowest BCUT2D eigenvalue weighted by molar-refractivity contribution is -0.139. The van der Waals surface area contributed by atoms with Crippen LogP contribution in [0.1, 0.15) is 20.8 Å². The summed E-state index contributed by atoms with van der Waals surface area (Å²) >= 11 is 1.67. The molecule has 1 rings (SSSR count). The van der Waals surface area contributed by atoms with Gasteiger partial charge < -0.3 is 11.1 Å². The predicted octanol–water partition coefficient (Wildman–Crippen LogP) is 1.79. The Morgan fingerprint density at radius 2 is 1.89 bits per heavy atom. The van der Waals surface area contributed by atoms with Gasteiger partial charge in [-0.25, -0.2) is 0 Å². The highest BCUT2D eigenvalue weighted by atomic mass is 32.2. The molecule has 1 aromatic carbocycles. The van der Waals surface area contributed by atoms with Crippen molar-refractivity contribution < 1.29 is 9.59 Å². The molecule has 3 N–H and O–H groups in total. The third-order valence-corrected chi connectivity index (χ3v) is 3.93. The molecular formula is C14H20N2O2S. The zero-order valence-electron chi connectivity index (χ0n) is 11.5. The molecule has 104 valence electrons. The van der Waals surface area contributed by atoms with Crippen LogP contribution in [0.25, 0.3) is 0 Å². The van der Waals surface area contributed by atoms with Crippen LogP contribution in [0.5, 0.6) is 0 Å². The van der Waals surface area contributed by atoms with Crippen LogP contribution in [0, 0.1) is 5.41 Å². The van der Waals surface area contributed by atoms with Crippen molar-refractivity contribution in [1.82, 2.24) is 5.32 Å². The van der Waals surface area contributed by atoms with Gasteiger partial charge in [0.1, 0.15) is 5.41 Å². The van der Waals surface area contributed by atoms with Crippen LogP contribution in [0.4, 0.5) is 0 Å². The van der Waals surface area contributed by atoms with E-state index in [0.29, 0.717) is 6.54 Å². The number of hydrogen-bond donors (Lipinski definition) is 2. The first-order chi connectivity index (χ1) is 8.84. The third kappa shape index (κ3) is 4.59. The topological polar surface area (TPSA) is 72.2 Å². The van der Waals surface area contributed by atoms with Crippen LogP contribution in [0.15, 0.2) is 35.2 Å². The maximum absolute atomic E-state index is 11.8. The summed E-state index contributed by atoms with van der Waals surface area (Å²) < 4.78 is 0. The molecule has 0 saturated carbocycles. The van der Waals surface area contributed by atoms with Crippen molar-refractivity contribution in [3.8, 4) is 0 Å². The maximum atomic E-state index is 11.8. The summed E-state index contributed by atoms with van der Waals surface area (Å²) in [5, 5.41) is 2.98. The van der Waals surface area contributed by atoms with Crippen molar-refractivity contribution in [2.45, 2.75) is 30.9 Å². The summed E-state index contributed by atoms with van der Waals surface area (Å²) in [5.41, 5.74) is 4.03. The Morgan fingerprint density at radius 1 is 1.32 bits per heavy atom. The van der Waals surface area contributed by atoms with Gasteiger partial charge >= 0.3 is 0 Å². The molecule has 0 spiro atoms. The van der Waals surface area contributed by atoms with Crippen LogP contribution in [0.3, 0.4) is 0 Å². The Kier molecular flexibility index (Phi) is 5.42. The van der Waals surface area contributed by atoms with Crippen LogP contribution < -0.4 is 11.1 Å². The molecule has 0 unspecified atom stereocenters. The number of carbonyl (C=O) groups is 2. The van der Waals surface area contributed by atoms with Gasteiger partial charge in [0.15, 0.2) is 0 Å². The smallest absolute Gasteiger partial charge is 0.235 e. The fourth-order valence-electron chi connectivity index (χ4n) is 1.34. The summed E-state index contributed by atoms with van der Waals surface area (Å²) in [6, 6.07) is 9.96. The minimum Gasteiger partial charge on any atom is -0.369 e. The first-order valence-electron chi connectivity index (χ1n) is 6.14. The van der Waals surface area contributed by atoms with E-state index in [1.54, 1.807) is 11.8 Å². The lowest BCUT2D eigenvalue weighted by Crippen LogP contribution is -2.47. The van der Waals surface area contributed by atoms with Gasteiger partial charge in [0, 0.05) is 16.7 Å². The van der Waals surface area contributed by atoms with E-state index in [1.807, 2.05) is 37.3 Å². The number of benzene rings is 1. The average Bonchev–Trinajstić information content (AvgIpc) is 2.36. The molecule has 0 aliphatic rings. The largest absolute Gasteiger partial charge is 0.369 e. The monoisotopic (exact) mass is 280 g/mol. The highest BCUT2D eigenvalue weighted by Crippen LogP contribution is 2.22. The fraction of sp³-hybridized carbons (Fsp3) is 0.429. The van der Waals surface area contributed by atoms with Crippen LogP contribution in [0.2, 0.25) is 0 Å². The Balaban J connectivity index is 2.45. The Bertz CT molecular complexity index is 446. The van der Waals surface area contributed by atoms with Crippen molar-refractivity contribution in [1.29, 1.82) is 0 Å². The zero-order valence-corrected chi connectivity index (χ0v) is 12.3. The second kappa shape index (κ2) is 6.61. The maximum Gasteiger partial charge on any atom is 0.235 e. The van der Waals surface area contributed by atoms with Crippen molar-refractivity contribution in [2.24, 2.45) is 11.1 Å². The summed E-state index contributed by atoms with van der Waals surface area (Å²) in [6.45, 7) is 5.57. The molecule has 5 heteroatoms. The second-order valence-electron chi connectivity index (χ2n) is 4.94. The lowest BCUT2D eigenvalue weighted by Gasteiger charge is -2.21. The van der Waals surface area contributed by atoms with Crippen LogP contribution in [-0.4, -0.2) is 23.6 Å². The number of amides is 2. The number of primary amides is 1. The number of nitrogens with two attached hydrogens (primary N) is 1. The highest BCUT2D eigenvalue weighted by molar-refractivity contribution is 8.00. The summed E-state index contributed by atoms with van der Waals surface area (Å²) in [7, 11) is 0. The lowest BCUT2D eigenvalue weighted by atomic mass is 9.91. The van der Waals surface area contributed by atoms with Gasteiger partial charge in [0.2, 0.25) is 11.8 Å². The van der Waals surface area contributed by atoms with Gasteiger partial charge in [-0.3, -0.25) is 9.59 Å². The predicted molar refractivity (Wildman–Crippen MR) is 77.7 cm³/mol. The Labute approximate surface area is 118 Å². The molecule has 0 aliphatic heterocycles. The van der Waals surface area contributed by atoms with E-state index in [1.165, 1.54) is 13.8 Å². The number of nitrogens with one attached hydrogen (secondary N) is 1. The molecule has 19 heavy (non-hydrogen) atoms. The molecule has 0 fully saturated rings. The van der Waals surface area contributed by atoms with E-state index in [9.17, 15) is 9.59 Å². The first kappa shape index (κ1) is 15.6. The van der Waals surface area contributed by atoms with Gasteiger partial charge in [-0.05, 0) is 26.0 Å². The van der Waals surface area contributed by atoms with E-state index < -0.39 is 11.3 Å². The molecular weight excluding hydrogens is 260 g/mol. The molecule has 0 heterocycles. The third-order valence-electron chi connectivity index (χ3n) is 2.81. The molecule has 2 amide bonds. The minimum absolute atomic E-state index is 0.218. The van der Waals surface area contributed by atoms with Gasteiger partial charge in [0.25, 0.3) is 0 Å². The van der Waals surface area contributed by atoms with E-state index in [2.05, 4.69) is 5.32 Å². The van der Waals surface area contributed by atoms with E-state index >= 15 is 0 Å². The summed E-state index contributed by atoms with van der Waals surface area (Å²) in [4.78, 5) is 24.1. The Hall–Kier alpha value is -1.49. The molecule has 0 saturated heterocycles. The van der Waals surface area contributed by atoms with E-state index in [-0.39, 0.29) is 11.2 Å². The normalized spacial score (nSPS) is 12.8. The molecule has 0 radical (unpaired) electrons. The Morgan fingerprint density at radius 3 is 2.42 bits per heavy atom. The van der Waals surface area contributed by atoms with Crippen LogP contribution >= 0.6 is 11.8 Å². The standard InChI is InChI=1S/C14H20N2O2S/c1-10(19-11-7-5-4-6-8-11)9-16-13(18)14(2,3)12(15)17/h4-8,10H,9H2,1-3H3,(H2,15,17)(H,16,18)/t10-/m1/s1. The number of hydrogen-bond acceptors (Lipinski definition) is 3. The molecule has 0 aromatic heterocycles. The second-order valence-corrected chi connectivity index (χ2v) is 6.45. The molecule has 1 atom stereocenters. The molecule has 0 bridgehead atoms. The minimum atomic E-state index is -1.17. The molecule has 1 aromatic rings.